The maximum absolute atomic E-state index is 11.9. The van der Waals surface area contributed by atoms with Crippen molar-refractivity contribution in [3.63, 3.8) is 0 Å². The van der Waals surface area contributed by atoms with Crippen LogP contribution in [0, 0.1) is 10.1 Å². The van der Waals surface area contributed by atoms with Crippen LogP contribution in [0.25, 0.3) is 0 Å². The van der Waals surface area contributed by atoms with Gasteiger partial charge in [-0.15, -0.1) is 0 Å². The maximum atomic E-state index is 11.9. The number of carbonyl (C=O) groups is 3. The zero-order valence-electron chi connectivity index (χ0n) is 13.1. The number of rotatable bonds is 5. The SMILES string of the molecule is O=C(COC(=O)c1cc(Cl)ccc1[N+](=O)[O-])NC(=O)NC1CCCC1. The Hall–Kier alpha value is -2.68. The first-order valence-electron chi connectivity index (χ1n) is 7.58. The van der Waals surface area contributed by atoms with Gasteiger partial charge in [-0.3, -0.25) is 20.2 Å². The van der Waals surface area contributed by atoms with Gasteiger partial charge in [-0.25, -0.2) is 9.59 Å². The largest absolute Gasteiger partial charge is 0.452 e. The number of nitro benzene ring substituents is 1. The molecule has 1 aliphatic carbocycles. The van der Waals surface area contributed by atoms with E-state index < -0.39 is 35.1 Å². The smallest absolute Gasteiger partial charge is 0.345 e. The minimum atomic E-state index is -1.08. The quantitative estimate of drug-likeness (QED) is 0.465. The van der Waals surface area contributed by atoms with Gasteiger partial charge in [0.1, 0.15) is 5.56 Å². The van der Waals surface area contributed by atoms with E-state index >= 15 is 0 Å². The molecule has 1 aromatic rings. The molecule has 0 spiro atoms. The van der Waals surface area contributed by atoms with E-state index in [0.29, 0.717) is 0 Å². The van der Waals surface area contributed by atoms with Gasteiger partial charge in [-0.05, 0) is 25.0 Å². The topological polar surface area (TPSA) is 128 Å². The Morgan fingerprint density at radius 3 is 2.60 bits per heavy atom. The summed E-state index contributed by atoms with van der Waals surface area (Å²) in [4.78, 5) is 45.3. The summed E-state index contributed by atoms with van der Waals surface area (Å²) >= 11 is 5.72. The van der Waals surface area contributed by atoms with Crippen molar-refractivity contribution in [2.75, 3.05) is 6.61 Å². The zero-order valence-corrected chi connectivity index (χ0v) is 13.9. The third-order valence-corrected chi connectivity index (χ3v) is 3.89. The first-order valence-corrected chi connectivity index (χ1v) is 7.96. The minimum Gasteiger partial charge on any atom is -0.452 e. The average Bonchev–Trinajstić information content (AvgIpc) is 3.04. The highest BCUT2D eigenvalue weighted by atomic mass is 35.5. The van der Waals surface area contributed by atoms with Gasteiger partial charge in [0.2, 0.25) is 0 Å². The van der Waals surface area contributed by atoms with E-state index in [2.05, 4.69) is 5.32 Å². The summed E-state index contributed by atoms with van der Waals surface area (Å²) in [5.74, 6) is -1.92. The molecule has 0 radical (unpaired) electrons. The van der Waals surface area contributed by atoms with Crippen LogP contribution in [0.5, 0.6) is 0 Å². The lowest BCUT2D eigenvalue weighted by Gasteiger charge is -2.12. The molecule has 0 atom stereocenters. The van der Waals surface area contributed by atoms with Crippen molar-refractivity contribution in [3.8, 4) is 0 Å². The molecule has 10 heteroatoms. The molecule has 0 heterocycles. The van der Waals surface area contributed by atoms with Gasteiger partial charge in [-0.2, -0.15) is 0 Å². The predicted octanol–water partition coefficient (Wildman–Crippen LogP) is 2.17. The second-order valence-electron chi connectivity index (χ2n) is 5.50. The number of hydrogen-bond donors (Lipinski definition) is 2. The van der Waals surface area contributed by atoms with Crippen LogP contribution in [-0.4, -0.2) is 35.5 Å². The monoisotopic (exact) mass is 369 g/mol. The Bertz CT molecular complexity index is 703. The summed E-state index contributed by atoms with van der Waals surface area (Å²) in [7, 11) is 0. The molecular weight excluding hydrogens is 354 g/mol. The highest BCUT2D eigenvalue weighted by Gasteiger charge is 2.23. The van der Waals surface area contributed by atoms with E-state index in [1.807, 2.05) is 5.32 Å². The Morgan fingerprint density at radius 1 is 1.28 bits per heavy atom. The van der Waals surface area contributed by atoms with Gasteiger partial charge in [0.05, 0.1) is 4.92 Å². The van der Waals surface area contributed by atoms with Gasteiger partial charge in [0, 0.05) is 17.1 Å². The molecular formula is C15H16ClN3O6. The Labute approximate surface area is 147 Å². The van der Waals surface area contributed by atoms with Crippen LogP contribution < -0.4 is 10.6 Å². The predicted molar refractivity (Wildman–Crippen MR) is 87.3 cm³/mol. The van der Waals surface area contributed by atoms with Gasteiger partial charge in [0.15, 0.2) is 6.61 Å². The van der Waals surface area contributed by atoms with E-state index in [0.717, 1.165) is 37.8 Å². The van der Waals surface area contributed by atoms with Crippen LogP contribution >= 0.6 is 11.6 Å². The minimum absolute atomic E-state index is 0.0319. The summed E-state index contributed by atoms with van der Waals surface area (Å²) in [6.07, 6.45) is 3.76. The van der Waals surface area contributed by atoms with Crippen LogP contribution in [0.15, 0.2) is 18.2 Å². The maximum Gasteiger partial charge on any atom is 0.345 e. The highest BCUT2D eigenvalue weighted by Crippen LogP contribution is 2.23. The number of esters is 1. The number of nitrogens with zero attached hydrogens (tertiary/aromatic N) is 1. The zero-order chi connectivity index (χ0) is 18.4. The van der Waals surface area contributed by atoms with Crippen molar-refractivity contribution < 1.29 is 24.0 Å². The third kappa shape index (κ3) is 5.42. The van der Waals surface area contributed by atoms with Crippen molar-refractivity contribution in [1.29, 1.82) is 0 Å². The summed E-state index contributed by atoms with van der Waals surface area (Å²) in [5.41, 5.74) is -0.866. The molecule has 1 aliphatic rings. The first kappa shape index (κ1) is 18.7. The number of nitro groups is 1. The molecule has 0 saturated heterocycles. The molecule has 1 fully saturated rings. The summed E-state index contributed by atoms with van der Waals surface area (Å²) in [5, 5.41) is 15.7. The second kappa shape index (κ2) is 8.43. The van der Waals surface area contributed by atoms with E-state index in [1.54, 1.807) is 0 Å². The number of imide groups is 1. The standard InChI is InChI=1S/C15H16ClN3O6/c16-9-5-6-12(19(23)24)11(7-9)14(21)25-8-13(20)18-15(22)17-10-3-1-2-4-10/h5-7,10H,1-4,8H2,(H2,17,18,20,22). The number of benzene rings is 1. The van der Waals surface area contributed by atoms with E-state index in [9.17, 15) is 24.5 Å². The van der Waals surface area contributed by atoms with Crippen molar-refractivity contribution >= 4 is 35.2 Å². The Morgan fingerprint density at radius 2 is 1.96 bits per heavy atom. The molecule has 0 bridgehead atoms. The fourth-order valence-electron chi connectivity index (χ4n) is 2.49. The van der Waals surface area contributed by atoms with Crippen LogP contribution in [0.1, 0.15) is 36.0 Å². The van der Waals surface area contributed by atoms with Crippen LogP contribution in [0.3, 0.4) is 0 Å². The highest BCUT2D eigenvalue weighted by molar-refractivity contribution is 6.31. The number of ether oxygens (including phenoxy) is 1. The lowest BCUT2D eigenvalue weighted by Crippen LogP contribution is -2.45. The molecule has 2 rings (SSSR count). The van der Waals surface area contributed by atoms with E-state index in [4.69, 9.17) is 16.3 Å². The second-order valence-corrected chi connectivity index (χ2v) is 5.93. The first-order chi connectivity index (χ1) is 11.9. The van der Waals surface area contributed by atoms with Gasteiger partial charge >= 0.3 is 12.0 Å². The van der Waals surface area contributed by atoms with Crippen LogP contribution in [0.4, 0.5) is 10.5 Å². The number of hydrogen-bond acceptors (Lipinski definition) is 6. The van der Waals surface area contributed by atoms with Crippen molar-refractivity contribution in [2.45, 2.75) is 31.7 Å². The summed E-state index contributed by atoms with van der Waals surface area (Å²) < 4.78 is 4.71. The summed E-state index contributed by atoms with van der Waals surface area (Å²) in [6, 6.07) is 2.77. The van der Waals surface area contributed by atoms with E-state index in [-0.39, 0.29) is 16.6 Å². The van der Waals surface area contributed by atoms with Crippen molar-refractivity contribution in [2.24, 2.45) is 0 Å². The molecule has 0 aromatic heterocycles. The molecule has 134 valence electrons. The molecule has 1 aromatic carbocycles. The van der Waals surface area contributed by atoms with Crippen molar-refractivity contribution in [3.05, 3.63) is 38.9 Å². The van der Waals surface area contributed by atoms with E-state index in [1.165, 1.54) is 6.07 Å². The number of urea groups is 1. The molecule has 0 unspecified atom stereocenters. The lowest BCUT2D eigenvalue weighted by molar-refractivity contribution is -0.385. The lowest BCUT2D eigenvalue weighted by atomic mass is 10.2. The Balaban J connectivity index is 1.87. The molecule has 0 aliphatic heterocycles. The molecule has 9 nitrogen and oxygen atoms in total. The number of nitrogens with one attached hydrogen (secondary N) is 2. The summed E-state index contributed by atoms with van der Waals surface area (Å²) in [6.45, 7) is -0.749. The average molecular weight is 370 g/mol. The Kier molecular flexibility index (Phi) is 6.29. The molecule has 3 amide bonds. The third-order valence-electron chi connectivity index (χ3n) is 3.65. The van der Waals surface area contributed by atoms with Crippen molar-refractivity contribution in [1.82, 2.24) is 10.6 Å². The van der Waals surface area contributed by atoms with Gasteiger partial charge < -0.3 is 10.1 Å². The number of amides is 3. The number of carbonyl (C=O) groups excluding carboxylic acids is 3. The van der Waals surface area contributed by atoms with Gasteiger partial charge in [0.25, 0.3) is 11.6 Å². The fourth-order valence-corrected chi connectivity index (χ4v) is 2.67. The van der Waals surface area contributed by atoms with Crippen LogP contribution in [0.2, 0.25) is 5.02 Å². The molecule has 2 N–H and O–H groups in total. The molecule has 1 saturated carbocycles. The number of halogens is 1. The van der Waals surface area contributed by atoms with Crippen LogP contribution in [-0.2, 0) is 9.53 Å². The fraction of sp³-hybridized carbons (Fsp3) is 0.400. The molecule has 25 heavy (non-hydrogen) atoms. The normalized spacial score (nSPS) is 14.0. The van der Waals surface area contributed by atoms with Gasteiger partial charge in [-0.1, -0.05) is 24.4 Å².